The highest BCUT2D eigenvalue weighted by molar-refractivity contribution is 6.20. The van der Waals surface area contributed by atoms with Crippen molar-refractivity contribution in [1.29, 1.82) is 0 Å². The molecule has 2 aliphatic heterocycles. The number of hydrogen-bond donors (Lipinski definition) is 0. The van der Waals surface area contributed by atoms with Crippen LogP contribution in [0.15, 0.2) is 0 Å². The largest absolute Gasteiger partial charge is 0.299 e. The van der Waals surface area contributed by atoms with Crippen molar-refractivity contribution in [2.45, 2.75) is 62.9 Å². The van der Waals surface area contributed by atoms with Crippen LogP contribution in [0.4, 0.5) is 0 Å². The van der Waals surface area contributed by atoms with Gasteiger partial charge in [0, 0.05) is 36.3 Å². The van der Waals surface area contributed by atoms with Crippen molar-refractivity contribution >= 4 is 17.4 Å². The zero-order valence-corrected chi connectivity index (χ0v) is 11.3. The average Bonchev–Trinajstić information content (AvgIpc) is 2.33. The van der Waals surface area contributed by atoms with Gasteiger partial charge in [-0.25, -0.2) is 0 Å². The molecule has 2 nitrogen and oxygen atoms in total. The molecule has 0 N–H and O–H groups in total. The first-order valence-corrected chi connectivity index (χ1v) is 7.53. The lowest BCUT2D eigenvalue weighted by Crippen LogP contribution is -2.59. The van der Waals surface area contributed by atoms with Gasteiger partial charge in [0.15, 0.2) is 0 Å². The van der Waals surface area contributed by atoms with Gasteiger partial charge in [-0.1, -0.05) is 6.92 Å². The number of carbonyl (C=O) groups is 1. The van der Waals surface area contributed by atoms with E-state index in [4.69, 9.17) is 11.6 Å². The van der Waals surface area contributed by atoms with Crippen molar-refractivity contribution in [3.05, 3.63) is 0 Å². The van der Waals surface area contributed by atoms with Crippen molar-refractivity contribution in [3.8, 4) is 0 Å². The van der Waals surface area contributed by atoms with Gasteiger partial charge in [-0.05, 0) is 38.0 Å². The van der Waals surface area contributed by atoms with Crippen LogP contribution in [0.3, 0.4) is 0 Å². The van der Waals surface area contributed by atoms with Crippen LogP contribution in [-0.4, -0.2) is 34.7 Å². The SMILES string of the molecule is CC1C(=O)CCN2C3CCC(Cl)CC3CCC12. The maximum Gasteiger partial charge on any atom is 0.138 e. The van der Waals surface area contributed by atoms with Crippen LogP contribution < -0.4 is 0 Å². The Labute approximate surface area is 109 Å². The Morgan fingerprint density at radius 2 is 1.94 bits per heavy atom. The maximum atomic E-state index is 11.8. The van der Waals surface area contributed by atoms with Crippen LogP contribution in [-0.2, 0) is 4.79 Å². The summed E-state index contributed by atoms with van der Waals surface area (Å²) < 4.78 is 0. The summed E-state index contributed by atoms with van der Waals surface area (Å²) >= 11 is 6.29. The summed E-state index contributed by atoms with van der Waals surface area (Å²) in [6.45, 7) is 3.13. The monoisotopic (exact) mass is 255 g/mol. The third-order valence-corrected chi connectivity index (χ3v) is 5.66. The number of halogens is 1. The van der Waals surface area contributed by atoms with Crippen molar-refractivity contribution < 1.29 is 4.79 Å². The lowest BCUT2D eigenvalue weighted by atomic mass is 9.72. The lowest BCUT2D eigenvalue weighted by molar-refractivity contribution is -0.132. The van der Waals surface area contributed by atoms with Crippen LogP contribution >= 0.6 is 11.6 Å². The minimum atomic E-state index is 0.262. The number of Topliss-reactive ketones (excluding diaryl/α,β-unsaturated/α-hetero) is 1. The van der Waals surface area contributed by atoms with E-state index in [1.54, 1.807) is 0 Å². The second-order valence-corrected chi connectivity index (χ2v) is 6.74. The predicted molar refractivity (Wildman–Crippen MR) is 69.3 cm³/mol. The van der Waals surface area contributed by atoms with Crippen molar-refractivity contribution in [1.82, 2.24) is 4.90 Å². The molecule has 17 heavy (non-hydrogen) atoms. The Hall–Kier alpha value is -0.0800. The Morgan fingerprint density at radius 3 is 2.76 bits per heavy atom. The van der Waals surface area contributed by atoms with E-state index in [1.807, 2.05) is 0 Å². The summed E-state index contributed by atoms with van der Waals surface area (Å²) in [6.07, 6.45) is 6.86. The zero-order chi connectivity index (χ0) is 12.0. The number of ketones is 1. The quantitative estimate of drug-likeness (QED) is 0.621. The number of nitrogens with zero attached hydrogens (tertiary/aromatic N) is 1. The van der Waals surface area contributed by atoms with Crippen molar-refractivity contribution in [3.63, 3.8) is 0 Å². The molecule has 0 radical (unpaired) electrons. The summed E-state index contributed by atoms with van der Waals surface area (Å²) in [5.74, 6) is 1.54. The highest BCUT2D eigenvalue weighted by atomic mass is 35.5. The zero-order valence-electron chi connectivity index (χ0n) is 10.6. The molecule has 3 aliphatic rings. The third kappa shape index (κ3) is 2.04. The van der Waals surface area contributed by atoms with E-state index in [-0.39, 0.29) is 5.92 Å². The van der Waals surface area contributed by atoms with Gasteiger partial charge in [0.25, 0.3) is 0 Å². The number of rotatable bonds is 0. The second-order valence-electron chi connectivity index (χ2n) is 6.13. The topological polar surface area (TPSA) is 20.3 Å². The van der Waals surface area contributed by atoms with E-state index in [0.717, 1.165) is 31.3 Å². The van der Waals surface area contributed by atoms with E-state index in [9.17, 15) is 4.79 Å². The molecule has 3 fully saturated rings. The molecule has 3 rings (SSSR count). The first kappa shape index (κ1) is 12.0. The van der Waals surface area contributed by atoms with Gasteiger partial charge in [-0.15, -0.1) is 11.6 Å². The number of fused-ring (bicyclic) bond motifs is 3. The summed E-state index contributed by atoms with van der Waals surface area (Å²) in [5, 5.41) is 0.400. The highest BCUT2D eigenvalue weighted by Gasteiger charge is 2.45. The van der Waals surface area contributed by atoms with Crippen LogP contribution in [0, 0.1) is 11.8 Å². The summed E-state index contributed by atoms with van der Waals surface area (Å²) in [7, 11) is 0. The van der Waals surface area contributed by atoms with E-state index in [1.165, 1.54) is 25.7 Å². The van der Waals surface area contributed by atoms with Crippen LogP contribution in [0.5, 0.6) is 0 Å². The van der Waals surface area contributed by atoms with Gasteiger partial charge in [-0.2, -0.15) is 0 Å². The highest BCUT2D eigenvalue weighted by Crippen LogP contribution is 2.42. The number of carbonyl (C=O) groups excluding carboxylic acids is 1. The number of alkyl halides is 1. The smallest absolute Gasteiger partial charge is 0.138 e. The summed E-state index contributed by atoms with van der Waals surface area (Å²) in [6, 6.07) is 1.25. The number of piperidine rings is 2. The Balaban J connectivity index is 1.77. The standard InChI is InChI=1S/C14H22ClNO/c1-9-12-4-2-10-8-11(15)3-5-13(10)16(12)7-6-14(9)17/h9-13H,2-8H2,1H3. The second kappa shape index (κ2) is 4.55. The molecule has 3 heteroatoms. The molecule has 1 saturated carbocycles. The minimum Gasteiger partial charge on any atom is -0.299 e. The van der Waals surface area contributed by atoms with Crippen LogP contribution in [0.1, 0.15) is 45.4 Å². The van der Waals surface area contributed by atoms with Crippen molar-refractivity contribution in [2.24, 2.45) is 11.8 Å². The first-order valence-electron chi connectivity index (χ1n) is 7.09. The fourth-order valence-corrected chi connectivity index (χ4v) is 4.64. The van der Waals surface area contributed by atoms with E-state index >= 15 is 0 Å². The van der Waals surface area contributed by atoms with E-state index < -0.39 is 0 Å². The molecular weight excluding hydrogens is 234 g/mol. The van der Waals surface area contributed by atoms with Gasteiger partial charge in [0.1, 0.15) is 5.78 Å². The molecule has 5 unspecified atom stereocenters. The molecule has 0 spiro atoms. The summed E-state index contributed by atoms with van der Waals surface area (Å²) in [4.78, 5) is 14.5. The lowest BCUT2D eigenvalue weighted by Gasteiger charge is -2.52. The minimum absolute atomic E-state index is 0.262. The molecule has 0 amide bonds. The normalized spacial score (nSPS) is 47.4. The molecule has 5 atom stereocenters. The fraction of sp³-hybridized carbons (Fsp3) is 0.929. The fourth-order valence-electron chi connectivity index (χ4n) is 4.28. The van der Waals surface area contributed by atoms with Crippen LogP contribution in [0.2, 0.25) is 0 Å². The molecule has 96 valence electrons. The van der Waals surface area contributed by atoms with Gasteiger partial charge in [0.2, 0.25) is 0 Å². The van der Waals surface area contributed by atoms with E-state index in [2.05, 4.69) is 11.8 Å². The predicted octanol–water partition coefficient (Wildman–Crippen LogP) is 2.84. The molecule has 0 bridgehead atoms. The Morgan fingerprint density at radius 1 is 1.18 bits per heavy atom. The molecule has 1 aliphatic carbocycles. The van der Waals surface area contributed by atoms with Crippen LogP contribution in [0.25, 0.3) is 0 Å². The van der Waals surface area contributed by atoms with Gasteiger partial charge in [-0.3, -0.25) is 9.69 Å². The maximum absolute atomic E-state index is 11.8. The van der Waals surface area contributed by atoms with Gasteiger partial charge in [0.05, 0.1) is 0 Å². The Kier molecular flexibility index (Phi) is 3.20. The number of hydrogen-bond acceptors (Lipinski definition) is 2. The first-order chi connectivity index (χ1) is 8.16. The average molecular weight is 256 g/mol. The van der Waals surface area contributed by atoms with Crippen molar-refractivity contribution in [2.75, 3.05) is 6.54 Å². The summed E-state index contributed by atoms with van der Waals surface area (Å²) in [5.41, 5.74) is 0. The third-order valence-electron chi connectivity index (χ3n) is 5.26. The molecule has 0 aromatic carbocycles. The van der Waals surface area contributed by atoms with Gasteiger partial charge >= 0.3 is 0 Å². The molecular formula is C14H22ClNO. The molecule has 2 saturated heterocycles. The molecule has 0 aromatic heterocycles. The van der Waals surface area contributed by atoms with Gasteiger partial charge < -0.3 is 0 Å². The molecule has 2 heterocycles. The van der Waals surface area contributed by atoms with E-state index in [0.29, 0.717) is 17.2 Å². The molecule has 0 aromatic rings. The Bertz CT molecular complexity index is 319.